The summed E-state index contributed by atoms with van der Waals surface area (Å²) in [5.41, 5.74) is -0.395. The normalized spacial score (nSPS) is 18.4. The summed E-state index contributed by atoms with van der Waals surface area (Å²) < 4.78 is 11.6. The van der Waals surface area contributed by atoms with E-state index in [1.165, 1.54) is 0 Å². The van der Waals surface area contributed by atoms with Gasteiger partial charge < -0.3 is 19.2 Å². The number of ether oxygens (including phenoxy) is 1. The Hall–Kier alpha value is -1.15. The summed E-state index contributed by atoms with van der Waals surface area (Å²) in [5, 5.41) is 11.7. The molecular formula is C22H36ClN2O4Si. The van der Waals surface area contributed by atoms with E-state index in [1.807, 2.05) is 20.8 Å². The van der Waals surface area contributed by atoms with Crippen LogP contribution >= 0.6 is 11.6 Å². The number of amides is 1. The maximum absolute atomic E-state index is 12.3. The van der Waals surface area contributed by atoms with Gasteiger partial charge in [-0.15, -0.1) is 0 Å². The van der Waals surface area contributed by atoms with Crippen LogP contribution < -0.4 is 0 Å². The fourth-order valence-corrected chi connectivity index (χ4v) is 4.65. The molecule has 1 radical (unpaired) electrons. The maximum atomic E-state index is 12.3. The van der Waals surface area contributed by atoms with Gasteiger partial charge in [0.2, 0.25) is 9.04 Å². The highest BCUT2D eigenvalue weighted by atomic mass is 35.5. The van der Waals surface area contributed by atoms with Crippen LogP contribution in [0.2, 0.25) is 18.1 Å². The molecule has 1 amide bonds. The van der Waals surface area contributed by atoms with Crippen molar-refractivity contribution in [2.24, 2.45) is 5.41 Å². The first-order chi connectivity index (χ1) is 13.6. The number of aliphatic hydroxyl groups is 1. The lowest BCUT2D eigenvalue weighted by Crippen LogP contribution is -2.46. The van der Waals surface area contributed by atoms with E-state index in [2.05, 4.69) is 38.8 Å². The molecule has 1 fully saturated rings. The van der Waals surface area contributed by atoms with Gasteiger partial charge in [0, 0.05) is 24.8 Å². The highest BCUT2D eigenvalue weighted by molar-refractivity contribution is 6.48. The number of piperidine rings is 1. The van der Waals surface area contributed by atoms with Gasteiger partial charge >= 0.3 is 6.09 Å². The summed E-state index contributed by atoms with van der Waals surface area (Å²) in [6.07, 6.45) is 1.94. The van der Waals surface area contributed by atoms with Crippen LogP contribution in [0.25, 0.3) is 0 Å². The van der Waals surface area contributed by atoms with Crippen LogP contribution in [0.1, 0.15) is 71.7 Å². The van der Waals surface area contributed by atoms with E-state index in [-0.39, 0.29) is 17.6 Å². The minimum atomic E-state index is -1.07. The van der Waals surface area contributed by atoms with Gasteiger partial charge in [-0.2, -0.15) is 0 Å². The third-order valence-electron chi connectivity index (χ3n) is 5.04. The van der Waals surface area contributed by atoms with Gasteiger partial charge in [0.25, 0.3) is 0 Å². The van der Waals surface area contributed by atoms with Crippen molar-refractivity contribution in [2.75, 3.05) is 13.1 Å². The van der Waals surface area contributed by atoms with Crippen molar-refractivity contribution in [3.63, 3.8) is 0 Å². The summed E-state index contributed by atoms with van der Waals surface area (Å²) in [5.74, 6) is 0. The summed E-state index contributed by atoms with van der Waals surface area (Å²) in [4.78, 5) is 18.5. The number of carbonyl (C=O) groups is 1. The number of rotatable bonds is 4. The lowest BCUT2D eigenvalue weighted by Gasteiger charge is -2.39. The molecule has 1 N–H and O–H groups in total. The number of carbonyl (C=O) groups excluding carboxylic acids is 1. The number of hydrogen-bond donors (Lipinski definition) is 1. The second kappa shape index (κ2) is 9.15. The third-order valence-corrected chi connectivity index (χ3v) is 6.05. The molecule has 0 aromatic carbocycles. The molecule has 30 heavy (non-hydrogen) atoms. The molecule has 1 unspecified atom stereocenters. The Morgan fingerprint density at radius 1 is 1.23 bits per heavy atom. The van der Waals surface area contributed by atoms with Crippen LogP contribution in [0.15, 0.2) is 12.3 Å². The molecule has 1 aliphatic heterocycles. The summed E-state index contributed by atoms with van der Waals surface area (Å²) in [7, 11) is -0.946. The molecular weight excluding hydrogens is 420 g/mol. The molecule has 1 aromatic heterocycles. The van der Waals surface area contributed by atoms with Crippen LogP contribution in [0.5, 0.6) is 0 Å². The lowest BCUT2D eigenvalue weighted by molar-refractivity contribution is -0.0358. The highest BCUT2D eigenvalue weighted by Gasteiger charge is 2.38. The van der Waals surface area contributed by atoms with Crippen LogP contribution in [0, 0.1) is 5.41 Å². The first kappa shape index (κ1) is 25.1. The Morgan fingerprint density at radius 3 is 2.23 bits per heavy atom. The van der Waals surface area contributed by atoms with E-state index in [1.54, 1.807) is 17.2 Å². The fraction of sp³-hybridized carbons (Fsp3) is 0.727. The van der Waals surface area contributed by atoms with Gasteiger partial charge in [0.1, 0.15) is 5.60 Å². The average molecular weight is 456 g/mol. The summed E-state index contributed by atoms with van der Waals surface area (Å²) in [6.45, 7) is 16.9. The standard InChI is InChI=1S/C22H36ClN2O4Si/c1-20(2,3)18(29-30(7)8)17-16(23)13-15(14-24-17)22(27)9-11-25(12-10-22)19(26)28-21(4,5)6/h13-14,18,27H,9-12H2,1-8H3. The molecule has 1 aromatic rings. The Morgan fingerprint density at radius 2 is 1.80 bits per heavy atom. The Kier molecular flexibility index (Phi) is 7.65. The minimum Gasteiger partial charge on any atom is -0.444 e. The molecule has 6 nitrogen and oxygen atoms in total. The fourth-order valence-electron chi connectivity index (χ4n) is 3.45. The van der Waals surface area contributed by atoms with Gasteiger partial charge in [-0.25, -0.2) is 4.79 Å². The van der Waals surface area contributed by atoms with Crippen molar-refractivity contribution in [1.82, 2.24) is 9.88 Å². The number of halogens is 1. The molecule has 0 bridgehead atoms. The lowest BCUT2D eigenvalue weighted by atomic mass is 9.84. The molecule has 1 aliphatic rings. The maximum Gasteiger partial charge on any atom is 0.410 e. The smallest absolute Gasteiger partial charge is 0.410 e. The Bertz CT molecular complexity index is 750. The molecule has 169 valence electrons. The zero-order chi connectivity index (χ0) is 22.9. The third kappa shape index (κ3) is 6.42. The number of pyridine rings is 1. The molecule has 8 heteroatoms. The first-order valence-electron chi connectivity index (χ1n) is 10.5. The number of aromatic nitrogens is 1. The van der Waals surface area contributed by atoms with Gasteiger partial charge in [-0.3, -0.25) is 4.98 Å². The number of hydrogen-bond acceptors (Lipinski definition) is 5. The van der Waals surface area contributed by atoms with Crippen LogP contribution in [-0.2, 0) is 14.8 Å². The molecule has 0 aliphatic carbocycles. The first-order valence-corrected chi connectivity index (χ1v) is 13.2. The van der Waals surface area contributed by atoms with E-state index >= 15 is 0 Å². The van der Waals surface area contributed by atoms with E-state index in [4.69, 9.17) is 20.8 Å². The van der Waals surface area contributed by atoms with Crippen LogP contribution in [-0.4, -0.2) is 48.8 Å². The highest BCUT2D eigenvalue weighted by Crippen LogP contribution is 2.41. The van der Waals surface area contributed by atoms with Gasteiger partial charge in [-0.1, -0.05) is 32.4 Å². The Balaban J connectivity index is 2.17. The predicted molar refractivity (Wildman–Crippen MR) is 121 cm³/mol. The second-order valence-electron chi connectivity index (χ2n) is 10.4. The van der Waals surface area contributed by atoms with Crippen molar-refractivity contribution in [3.05, 3.63) is 28.5 Å². The van der Waals surface area contributed by atoms with E-state index in [9.17, 15) is 9.90 Å². The SMILES string of the molecule is C[Si](C)OC(c1ncc(C2(O)CCN(C(=O)OC(C)(C)C)CC2)cc1Cl)C(C)(C)C. The minimum absolute atomic E-state index is 0.157. The van der Waals surface area contributed by atoms with Crippen molar-refractivity contribution in [1.29, 1.82) is 0 Å². The van der Waals surface area contributed by atoms with Gasteiger partial charge in [0.15, 0.2) is 0 Å². The molecule has 2 heterocycles. The molecule has 1 saturated heterocycles. The van der Waals surface area contributed by atoms with Crippen molar-refractivity contribution < 1.29 is 19.1 Å². The summed E-state index contributed by atoms with van der Waals surface area (Å²) in [6, 6.07) is 1.80. The number of likely N-dealkylation sites (tertiary alicyclic amines) is 1. The van der Waals surface area contributed by atoms with E-state index < -0.39 is 20.2 Å². The number of nitrogens with zero attached hydrogens (tertiary/aromatic N) is 2. The zero-order valence-corrected chi connectivity index (χ0v) is 21.3. The van der Waals surface area contributed by atoms with Crippen molar-refractivity contribution in [3.8, 4) is 0 Å². The van der Waals surface area contributed by atoms with E-state index in [0.29, 0.717) is 42.2 Å². The van der Waals surface area contributed by atoms with Crippen LogP contribution in [0.4, 0.5) is 4.79 Å². The predicted octanol–water partition coefficient (Wildman–Crippen LogP) is 5.31. The van der Waals surface area contributed by atoms with Crippen molar-refractivity contribution >= 4 is 26.7 Å². The molecule has 0 saturated carbocycles. The average Bonchev–Trinajstić information content (AvgIpc) is 2.58. The zero-order valence-electron chi connectivity index (χ0n) is 19.5. The van der Waals surface area contributed by atoms with E-state index in [0.717, 1.165) is 0 Å². The molecule has 0 spiro atoms. The van der Waals surface area contributed by atoms with Gasteiger partial charge in [-0.05, 0) is 58.2 Å². The van der Waals surface area contributed by atoms with Crippen molar-refractivity contribution in [2.45, 2.75) is 84.8 Å². The summed E-state index contributed by atoms with van der Waals surface area (Å²) >= 11 is 6.62. The van der Waals surface area contributed by atoms with Crippen LogP contribution in [0.3, 0.4) is 0 Å². The quantitative estimate of drug-likeness (QED) is 0.623. The second-order valence-corrected chi connectivity index (χ2v) is 12.8. The molecule has 1 atom stereocenters. The largest absolute Gasteiger partial charge is 0.444 e. The topological polar surface area (TPSA) is 71.9 Å². The monoisotopic (exact) mass is 455 g/mol. The Labute approximate surface area is 187 Å². The molecule has 2 rings (SSSR count). The van der Waals surface area contributed by atoms with Gasteiger partial charge in [0.05, 0.1) is 22.4 Å².